The van der Waals surface area contributed by atoms with Crippen LogP contribution in [0.25, 0.3) is 89.2 Å². The van der Waals surface area contributed by atoms with E-state index in [2.05, 4.69) is 177 Å². The maximum Gasteiger partial charge on any atom is 0.160 e. The number of hydrogen-bond acceptors (Lipinski definition) is 3. The van der Waals surface area contributed by atoms with Crippen molar-refractivity contribution >= 4 is 21.9 Å². The van der Waals surface area contributed by atoms with Gasteiger partial charge in [-0.05, 0) is 75.7 Å². The number of fused-ring (bicyclic) bond motifs is 6. The molecule has 3 nitrogen and oxygen atoms in total. The molecule has 3 heteroatoms. The Morgan fingerprint density at radius 3 is 1.72 bits per heavy atom. The number of furan rings is 1. The summed E-state index contributed by atoms with van der Waals surface area (Å²) in [5.41, 5.74) is 17.2. The highest BCUT2D eigenvalue weighted by Gasteiger charge is 2.40. The van der Waals surface area contributed by atoms with Crippen LogP contribution in [0.2, 0.25) is 0 Å². The quantitative estimate of drug-likeness (QED) is 0.171. The lowest BCUT2D eigenvalue weighted by Crippen LogP contribution is -2.22. The van der Waals surface area contributed by atoms with Crippen molar-refractivity contribution in [3.8, 4) is 67.3 Å². The molecule has 8 aromatic carbocycles. The molecule has 0 amide bonds. The highest BCUT2D eigenvalue weighted by Crippen LogP contribution is 2.52. The maximum absolute atomic E-state index is 6.45. The van der Waals surface area contributed by atoms with E-state index in [1.165, 1.54) is 27.8 Å². The molecule has 0 saturated heterocycles. The summed E-state index contributed by atoms with van der Waals surface area (Å²) in [6.07, 6.45) is 0. The molecule has 0 fully saturated rings. The molecule has 0 unspecified atom stereocenters. The molecule has 2 aromatic heterocycles. The zero-order chi connectivity index (χ0) is 37.9. The average Bonchev–Trinajstić information content (AvgIpc) is 3.80. The Morgan fingerprint density at radius 2 is 0.930 bits per heavy atom. The Hall–Kier alpha value is -7.36. The third-order valence-electron chi connectivity index (χ3n) is 11.8. The van der Waals surface area contributed by atoms with Gasteiger partial charge in [-0.3, -0.25) is 0 Å². The summed E-state index contributed by atoms with van der Waals surface area (Å²) in [4.78, 5) is 10.5. The van der Waals surface area contributed by atoms with Gasteiger partial charge in [0.2, 0.25) is 0 Å². The van der Waals surface area contributed by atoms with Crippen molar-refractivity contribution in [1.29, 1.82) is 0 Å². The molecule has 0 bridgehead atoms. The van der Waals surface area contributed by atoms with E-state index >= 15 is 0 Å². The number of para-hydroxylation sites is 2. The summed E-state index contributed by atoms with van der Waals surface area (Å²) < 4.78 is 6.45. The van der Waals surface area contributed by atoms with E-state index in [0.29, 0.717) is 5.82 Å². The van der Waals surface area contributed by atoms with Crippen LogP contribution in [0.3, 0.4) is 0 Å². The number of nitrogens with zero attached hydrogens (tertiary/aromatic N) is 2. The molecule has 0 saturated carbocycles. The molecular formula is C54H36N2O. The number of hydrogen-bond donors (Lipinski definition) is 0. The Kier molecular flexibility index (Phi) is 7.61. The van der Waals surface area contributed by atoms with Gasteiger partial charge in [0, 0.05) is 38.4 Å². The Morgan fingerprint density at radius 1 is 0.386 bits per heavy atom. The van der Waals surface area contributed by atoms with Crippen molar-refractivity contribution in [2.75, 3.05) is 0 Å². The first-order valence-corrected chi connectivity index (χ1v) is 19.5. The number of rotatable bonds is 6. The van der Waals surface area contributed by atoms with Gasteiger partial charge in [0.1, 0.15) is 11.2 Å². The van der Waals surface area contributed by atoms with E-state index < -0.39 is 0 Å². The molecular weight excluding hydrogens is 693 g/mol. The molecule has 1 aliphatic carbocycles. The van der Waals surface area contributed by atoms with Crippen molar-refractivity contribution in [2.24, 2.45) is 0 Å². The molecule has 0 atom stereocenters. The van der Waals surface area contributed by atoms with Crippen molar-refractivity contribution in [1.82, 2.24) is 9.97 Å². The average molecular weight is 729 g/mol. The van der Waals surface area contributed by atoms with Gasteiger partial charge in [-0.15, -0.1) is 0 Å². The van der Waals surface area contributed by atoms with Gasteiger partial charge in [0.15, 0.2) is 5.82 Å². The topological polar surface area (TPSA) is 38.9 Å². The fourth-order valence-corrected chi connectivity index (χ4v) is 8.99. The van der Waals surface area contributed by atoms with E-state index in [9.17, 15) is 0 Å². The lowest BCUT2D eigenvalue weighted by atomic mass is 9.73. The molecule has 0 spiro atoms. The van der Waals surface area contributed by atoms with Crippen LogP contribution in [0.5, 0.6) is 0 Å². The van der Waals surface area contributed by atoms with Gasteiger partial charge < -0.3 is 4.42 Å². The van der Waals surface area contributed by atoms with Crippen LogP contribution in [-0.4, -0.2) is 9.97 Å². The van der Waals surface area contributed by atoms with Crippen LogP contribution < -0.4 is 0 Å². The van der Waals surface area contributed by atoms with Crippen LogP contribution >= 0.6 is 0 Å². The van der Waals surface area contributed by atoms with Gasteiger partial charge in [-0.25, -0.2) is 9.97 Å². The molecule has 0 radical (unpaired) electrons. The summed E-state index contributed by atoms with van der Waals surface area (Å²) in [5, 5.41) is 2.23. The van der Waals surface area contributed by atoms with Crippen molar-refractivity contribution in [2.45, 2.75) is 12.3 Å². The van der Waals surface area contributed by atoms with E-state index in [4.69, 9.17) is 14.4 Å². The summed E-state index contributed by atoms with van der Waals surface area (Å²) in [6.45, 7) is 2.37. The normalized spacial score (nSPS) is 12.8. The van der Waals surface area contributed by atoms with Crippen molar-refractivity contribution < 1.29 is 4.42 Å². The zero-order valence-corrected chi connectivity index (χ0v) is 31.4. The molecule has 10 aromatic rings. The van der Waals surface area contributed by atoms with Gasteiger partial charge >= 0.3 is 0 Å². The van der Waals surface area contributed by atoms with E-state index in [0.717, 1.165) is 72.3 Å². The summed E-state index contributed by atoms with van der Waals surface area (Å²) in [7, 11) is 0. The molecule has 57 heavy (non-hydrogen) atoms. The van der Waals surface area contributed by atoms with E-state index in [-0.39, 0.29) is 5.41 Å². The molecule has 2 heterocycles. The predicted octanol–water partition coefficient (Wildman–Crippen LogP) is 14.0. The molecule has 0 N–H and O–H groups in total. The second kappa shape index (κ2) is 13.1. The maximum atomic E-state index is 6.45. The standard InChI is InChI=1S/C54H36N2O/c1-54(47-29-10-7-23-42(47)43-24-8-11-30-48(43)54)39-21-14-19-37(33-39)40-22-5-6-25-44(40)50-34-49(55-53(56-50)35-16-3-2-4-17-35)38-20-13-18-36(32-38)41-27-15-28-46-45-26-9-12-31-51(45)57-52(41)46/h2-34H,1H3. The van der Waals surface area contributed by atoms with Crippen LogP contribution in [0.4, 0.5) is 0 Å². The largest absolute Gasteiger partial charge is 0.455 e. The third-order valence-corrected chi connectivity index (χ3v) is 11.8. The minimum Gasteiger partial charge on any atom is -0.455 e. The van der Waals surface area contributed by atoms with Gasteiger partial charge in [-0.1, -0.05) is 176 Å². The van der Waals surface area contributed by atoms with Gasteiger partial charge in [0.25, 0.3) is 0 Å². The monoisotopic (exact) mass is 728 g/mol. The van der Waals surface area contributed by atoms with Crippen LogP contribution in [-0.2, 0) is 5.41 Å². The minimum atomic E-state index is -0.293. The van der Waals surface area contributed by atoms with Crippen molar-refractivity contribution in [3.63, 3.8) is 0 Å². The van der Waals surface area contributed by atoms with Crippen molar-refractivity contribution in [3.05, 3.63) is 217 Å². The smallest absolute Gasteiger partial charge is 0.160 e. The fourth-order valence-electron chi connectivity index (χ4n) is 8.99. The number of benzene rings is 8. The highest BCUT2D eigenvalue weighted by molar-refractivity contribution is 6.09. The first kappa shape index (κ1) is 33.0. The lowest BCUT2D eigenvalue weighted by Gasteiger charge is -2.29. The van der Waals surface area contributed by atoms with Crippen LogP contribution in [0.15, 0.2) is 205 Å². The third kappa shape index (κ3) is 5.35. The summed E-state index contributed by atoms with van der Waals surface area (Å²) >= 11 is 0. The van der Waals surface area contributed by atoms with E-state index in [1.54, 1.807) is 0 Å². The minimum absolute atomic E-state index is 0.293. The SMILES string of the molecule is CC1(c2cccc(-c3ccccc3-c3cc(-c4cccc(-c5cccc6c5oc5ccccc56)c4)nc(-c4ccccc4)n3)c2)c2ccccc2-c2ccccc21. The molecule has 0 aliphatic heterocycles. The second-order valence-electron chi connectivity index (χ2n) is 15.0. The van der Waals surface area contributed by atoms with Crippen LogP contribution in [0.1, 0.15) is 23.6 Å². The second-order valence-corrected chi connectivity index (χ2v) is 15.0. The summed E-state index contributed by atoms with van der Waals surface area (Å²) in [5.74, 6) is 0.683. The molecule has 268 valence electrons. The van der Waals surface area contributed by atoms with Gasteiger partial charge in [0.05, 0.1) is 11.4 Å². The Balaban J connectivity index is 1.05. The first-order chi connectivity index (χ1) is 28.1. The van der Waals surface area contributed by atoms with Gasteiger partial charge in [-0.2, -0.15) is 0 Å². The zero-order valence-electron chi connectivity index (χ0n) is 31.4. The lowest BCUT2D eigenvalue weighted by molar-refractivity contribution is 0.670. The Bertz CT molecular complexity index is 3110. The van der Waals surface area contributed by atoms with Crippen LogP contribution in [0, 0.1) is 0 Å². The predicted molar refractivity (Wildman–Crippen MR) is 234 cm³/mol. The molecule has 1 aliphatic rings. The first-order valence-electron chi connectivity index (χ1n) is 19.5. The van der Waals surface area contributed by atoms with E-state index in [1.807, 2.05) is 30.3 Å². The fraction of sp³-hybridized carbons (Fsp3) is 0.0370. The molecule has 11 rings (SSSR count). The number of aromatic nitrogens is 2. The summed E-state index contributed by atoms with van der Waals surface area (Å²) in [6, 6.07) is 71.0. The Labute approximate surface area is 331 Å². The highest BCUT2D eigenvalue weighted by atomic mass is 16.3.